The Labute approximate surface area is 153 Å². The Bertz CT molecular complexity index is 584. The summed E-state index contributed by atoms with van der Waals surface area (Å²) in [4.78, 5) is 5.06. The lowest BCUT2D eigenvalue weighted by Crippen LogP contribution is -2.54. The minimum Gasteiger partial charge on any atom is -0.399 e. The van der Waals surface area contributed by atoms with Crippen molar-refractivity contribution in [2.24, 2.45) is 0 Å². The summed E-state index contributed by atoms with van der Waals surface area (Å²) in [7, 11) is -0.283. The van der Waals surface area contributed by atoms with Crippen LogP contribution in [0, 0.1) is 0 Å². The minimum absolute atomic E-state index is 0.283. The molecule has 1 aromatic rings. The molecule has 0 spiro atoms. The van der Waals surface area contributed by atoms with Crippen LogP contribution in [-0.2, 0) is 9.31 Å². The Morgan fingerprint density at radius 2 is 1.56 bits per heavy atom. The number of hydrogen-bond donors (Lipinski definition) is 0. The molecule has 0 saturated carbocycles. The summed E-state index contributed by atoms with van der Waals surface area (Å²) in [5.41, 5.74) is 1.79. The van der Waals surface area contributed by atoms with Gasteiger partial charge in [0.1, 0.15) is 0 Å². The Balaban J connectivity index is 1.69. The maximum atomic E-state index is 6.15. The molecule has 3 rings (SSSR count). The van der Waals surface area contributed by atoms with Crippen molar-refractivity contribution in [3.05, 3.63) is 24.3 Å². The van der Waals surface area contributed by atoms with Gasteiger partial charge in [0.05, 0.1) is 11.2 Å². The molecule has 2 aliphatic rings. The topological polar surface area (TPSA) is 24.9 Å². The molecule has 5 heteroatoms. The van der Waals surface area contributed by atoms with Crippen LogP contribution in [0.15, 0.2) is 24.3 Å². The summed E-state index contributed by atoms with van der Waals surface area (Å²) in [6.07, 6.45) is 0. The maximum Gasteiger partial charge on any atom is 0.494 e. The average Bonchev–Trinajstić information content (AvgIpc) is 2.75. The molecule has 0 amide bonds. The zero-order chi connectivity index (χ0) is 18.4. The van der Waals surface area contributed by atoms with Gasteiger partial charge < -0.3 is 14.2 Å². The Hall–Kier alpha value is -1.04. The van der Waals surface area contributed by atoms with E-state index in [0.717, 1.165) is 25.1 Å². The summed E-state index contributed by atoms with van der Waals surface area (Å²) < 4.78 is 12.3. The second kappa shape index (κ2) is 6.60. The van der Waals surface area contributed by atoms with Gasteiger partial charge in [-0.1, -0.05) is 12.1 Å². The highest BCUT2D eigenvalue weighted by atomic mass is 16.7. The third-order valence-electron chi connectivity index (χ3n) is 6.14. The fraction of sp³-hybridized carbons (Fsp3) is 0.700. The molecule has 0 aromatic heterocycles. The van der Waals surface area contributed by atoms with E-state index >= 15 is 0 Å². The summed E-state index contributed by atoms with van der Waals surface area (Å²) in [6.45, 7) is 18.6. The minimum atomic E-state index is -0.294. The Morgan fingerprint density at radius 3 is 2.04 bits per heavy atom. The standard InChI is InChI=1S/C20H33BN2O2/c1-15(2)22-12-13-23(16(3)14-22)18-10-8-17(9-11-18)21-24-19(4,5)20(6,7)25-21/h8-11,15-16H,12-14H2,1-7H3/t16-/m1/s1. The number of hydrogen-bond acceptors (Lipinski definition) is 4. The largest absolute Gasteiger partial charge is 0.494 e. The molecule has 2 fully saturated rings. The molecule has 0 radical (unpaired) electrons. The molecular weight excluding hydrogens is 311 g/mol. The lowest BCUT2D eigenvalue weighted by atomic mass is 9.79. The van der Waals surface area contributed by atoms with Crippen molar-refractivity contribution in [2.45, 2.75) is 71.8 Å². The van der Waals surface area contributed by atoms with Gasteiger partial charge in [-0.3, -0.25) is 4.90 Å². The van der Waals surface area contributed by atoms with E-state index in [0.29, 0.717) is 12.1 Å². The van der Waals surface area contributed by atoms with E-state index in [9.17, 15) is 0 Å². The third-order valence-corrected chi connectivity index (χ3v) is 6.14. The van der Waals surface area contributed by atoms with Crippen LogP contribution < -0.4 is 10.4 Å². The fourth-order valence-electron chi connectivity index (χ4n) is 3.64. The molecule has 0 aliphatic carbocycles. The molecule has 0 bridgehead atoms. The maximum absolute atomic E-state index is 6.15. The van der Waals surface area contributed by atoms with Crippen molar-refractivity contribution in [2.75, 3.05) is 24.5 Å². The Morgan fingerprint density at radius 1 is 1.00 bits per heavy atom. The lowest BCUT2D eigenvalue weighted by Gasteiger charge is -2.43. The van der Waals surface area contributed by atoms with Gasteiger partial charge in [0, 0.05) is 37.4 Å². The molecule has 138 valence electrons. The van der Waals surface area contributed by atoms with Crippen LogP contribution in [0.1, 0.15) is 48.5 Å². The monoisotopic (exact) mass is 344 g/mol. The summed E-state index contributed by atoms with van der Waals surface area (Å²) >= 11 is 0. The lowest BCUT2D eigenvalue weighted by molar-refractivity contribution is 0.00578. The van der Waals surface area contributed by atoms with Crippen LogP contribution >= 0.6 is 0 Å². The second-order valence-electron chi connectivity index (χ2n) is 8.81. The number of nitrogens with zero attached hydrogens (tertiary/aromatic N) is 2. The van der Waals surface area contributed by atoms with Crippen LogP contribution in [-0.4, -0.2) is 54.9 Å². The van der Waals surface area contributed by atoms with Gasteiger partial charge in [-0.15, -0.1) is 0 Å². The van der Waals surface area contributed by atoms with E-state index in [2.05, 4.69) is 82.5 Å². The van der Waals surface area contributed by atoms with Crippen molar-refractivity contribution >= 4 is 18.3 Å². The van der Waals surface area contributed by atoms with Crippen LogP contribution in [0.4, 0.5) is 5.69 Å². The van der Waals surface area contributed by atoms with Crippen molar-refractivity contribution < 1.29 is 9.31 Å². The third kappa shape index (κ3) is 3.60. The number of anilines is 1. The molecule has 0 N–H and O–H groups in total. The normalized spacial score (nSPS) is 26.5. The van der Waals surface area contributed by atoms with Crippen LogP contribution in [0.5, 0.6) is 0 Å². The van der Waals surface area contributed by atoms with Gasteiger partial charge in [-0.05, 0) is 66.1 Å². The van der Waals surface area contributed by atoms with Gasteiger partial charge in [0.2, 0.25) is 0 Å². The van der Waals surface area contributed by atoms with Crippen LogP contribution in [0.2, 0.25) is 0 Å². The predicted octanol–water partition coefficient (Wildman–Crippen LogP) is 2.90. The van der Waals surface area contributed by atoms with Gasteiger partial charge in [-0.25, -0.2) is 0 Å². The van der Waals surface area contributed by atoms with E-state index in [-0.39, 0.29) is 18.3 Å². The SMILES string of the molecule is CC(C)N1CCN(c2ccc(B3OC(C)(C)C(C)(C)O3)cc2)[C@H](C)C1. The Kier molecular flexibility index (Phi) is 4.95. The highest BCUT2D eigenvalue weighted by Crippen LogP contribution is 2.36. The quantitative estimate of drug-likeness (QED) is 0.788. The van der Waals surface area contributed by atoms with Gasteiger partial charge in [0.25, 0.3) is 0 Å². The fourth-order valence-corrected chi connectivity index (χ4v) is 3.64. The highest BCUT2D eigenvalue weighted by Gasteiger charge is 2.51. The first-order chi connectivity index (χ1) is 11.6. The first-order valence-corrected chi connectivity index (χ1v) is 9.57. The molecule has 0 unspecified atom stereocenters. The van der Waals surface area contributed by atoms with E-state index in [1.165, 1.54) is 5.69 Å². The van der Waals surface area contributed by atoms with Crippen LogP contribution in [0.3, 0.4) is 0 Å². The molecule has 1 atom stereocenters. The van der Waals surface area contributed by atoms with Crippen molar-refractivity contribution in [3.63, 3.8) is 0 Å². The van der Waals surface area contributed by atoms with Crippen molar-refractivity contribution in [1.29, 1.82) is 0 Å². The molecule has 2 aliphatic heterocycles. The van der Waals surface area contributed by atoms with E-state index < -0.39 is 0 Å². The predicted molar refractivity (Wildman–Crippen MR) is 106 cm³/mol. The number of benzene rings is 1. The average molecular weight is 344 g/mol. The zero-order valence-electron chi connectivity index (χ0n) is 16.9. The number of rotatable bonds is 3. The van der Waals surface area contributed by atoms with Crippen molar-refractivity contribution in [1.82, 2.24) is 4.90 Å². The van der Waals surface area contributed by atoms with E-state index in [4.69, 9.17) is 9.31 Å². The number of piperazine rings is 1. The van der Waals surface area contributed by atoms with E-state index in [1.54, 1.807) is 0 Å². The van der Waals surface area contributed by atoms with Crippen molar-refractivity contribution in [3.8, 4) is 0 Å². The zero-order valence-corrected chi connectivity index (χ0v) is 16.9. The van der Waals surface area contributed by atoms with E-state index in [1.807, 2.05) is 0 Å². The highest BCUT2D eigenvalue weighted by molar-refractivity contribution is 6.62. The molecule has 1 aromatic carbocycles. The first-order valence-electron chi connectivity index (χ1n) is 9.57. The summed E-state index contributed by atoms with van der Waals surface area (Å²) in [5, 5.41) is 0. The molecule has 25 heavy (non-hydrogen) atoms. The summed E-state index contributed by atoms with van der Waals surface area (Å²) in [6, 6.07) is 9.87. The first kappa shape index (κ1) is 18.7. The van der Waals surface area contributed by atoms with Gasteiger partial charge in [0.15, 0.2) is 0 Å². The smallest absolute Gasteiger partial charge is 0.399 e. The second-order valence-corrected chi connectivity index (χ2v) is 8.81. The van der Waals surface area contributed by atoms with Gasteiger partial charge >= 0.3 is 7.12 Å². The van der Waals surface area contributed by atoms with Crippen LogP contribution in [0.25, 0.3) is 0 Å². The molecular formula is C20H33BN2O2. The molecule has 2 saturated heterocycles. The van der Waals surface area contributed by atoms with Gasteiger partial charge in [-0.2, -0.15) is 0 Å². The molecule has 4 nitrogen and oxygen atoms in total. The molecule has 2 heterocycles. The summed E-state index contributed by atoms with van der Waals surface area (Å²) in [5.74, 6) is 0.